The van der Waals surface area contributed by atoms with Crippen molar-refractivity contribution in [2.75, 3.05) is 0 Å². The Labute approximate surface area is 123 Å². The van der Waals surface area contributed by atoms with Gasteiger partial charge in [0, 0.05) is 38.3 Å². The first kappa shape index (κ1) is 12.6. The Hall–Kier alpha value is -2.11. The number of aromatic nitrogens is 4. The molecule has 3 heterocycles. The molecule has 6 nitrogen and oxygen atoms in total. The van der Waals surface area contributed by atoms with Crippen molar-refractivity contribution in [3.05, 3.63) is 34.9 Å². The van der Waals surface area contributed by atoms with Crippen LogP contribution in [0.3, 0.4) is 0 Å². The van der Waals surface area contributed by atoms with Crippen LogP contribution in [0.2, 0.25) is 0 Å². The quantitative estimate of drug-likeness (QED) is 0.841. The number of nitrogens with zero attached hydrogens (tertiary/aromatic N) is 5. The number of aryl methyl sites for hydroxylation is 2. The normalized spacial score (nSPS) is 17.9. The molecule has 6 heteroatoms. The minimum Gasteiger partial charge on any atom is -0.328 e. The molecule has 2 aliphatic rings. The first-order chi connectivity index (χ1) is 10.1. The fourth-order valence-corrected chi connectivity index (χ4v) is 3.25. The molecular formula is C15H19N5O. The van der Waals surface area contributed by atoms with Crippen molar-refractivity contribution in [1.29, 1.82) is 0 Å². The van der Waals surface area contributed by atoms with Crippen LogP contribution in [0.15, 0.2) is 12.4 Å². The van der Waals surface area contributed by atoms with Crippen LogP contribution < -0.4 is 0 Å². The smallest absolute Gasteiger partial charge is 0.257 e. The van der Waals surface area contributed by atoms with Gasteiger partial charge in [-0.1, -0.05) is 6.42 Å². The monoisotopic (exact) mass is 285 g/mol. The number of rotatable bonds is 2. The molecule has 0 N–H and O–H groups in total. The molecule has 1 aliphatic carbocycles. The number of hydrogen-bond donors (Lipinski definition) is 0. The molecule has 0 saturated heterocycles. The third kappa shape index (κ3) is 1.89. The molecule has 0 unspecified atom stereocenters. The summed E-state index contributed by atoms with van der Waals surface area (Å²) < 4.78 is 3.63. The van der Waals surface area contributed by atoms with E-state index in [-0.39, 0.29) is 5.91 Å². The van der Waals surface area contributed by atoms with E-state index < -0.39 is 0 Å². The van der Waals surface area contributed by atoms with Gasteiger partial charge in [0.1, 0.15) is 0 Å². The van der Waals surface area contributed by atoms with Crippen LogP contribution in [0.4, 0.5) is 0 Å². The lowest BCUT2D eigenvalue weighted by Crippen LogP contribution is -2.27. The van der Waals surface area contributed by atoms with Crippen molar-refractivity contribution in [3.63, 3.8) is 0 Å². The molecule has 2 aromatic rings. The molecule has 0 bridgehead atoms. The molecule has 21 heavy (non-hydrogen) atoms. The molecular weight excluding hydrogens is 266 g/mol. The van der Waals surface area contributed by atoms with Gasteiger partial charge in [-0.3, -0.25) is 14.2 Å². The van der Waals surface area contributed by atoms with Crippen molar-refractivity contribution in [2.45, 2.75) is 38.3 Å². The summed E-state index contributed by atoms with van der Waals surface area (Å²) in [5.74, 6) is 0.568. The summed E-state index contributed by atoms with van der Waals surface area (Å²) in [5, 5.41) is 8.77. The zero-order valence-corrected chi connectivity index (χ0v) is 12.4. The van der Waals surface area contributed by atoms with Crippen LogP contribution >= 0.6 is 0 Å². The number of carbonyl (C=O) groups is 1. The Bertz CT molecular complexity index is 710. The number of amides is 1. The van der Waals surface area contributed by atoms with Crippen molar-refractivity contribution in [1.82, 2.24) is 24.5 Å². The molecule has 0 aromatic carbocycles. The van der Waals surface area contributed by atoms with Crippen LogP contribution in [0.5, 0.6) is 0 Å². The highest BCUT2D eigenvalue weighted by Gasteiger charge is 2.32. The lowest BCUT2D eigenvalue weighted by atomic mass is 9.81. The second-order valence-electron chi connectivity index (χ2n) is 6.13. The second-order valence-corrected chi connectivity index (χ2v) is 6.13. The van der Waals surface area contributed by atoms with E-state index in [2.05, 4.69) is 10.2 Å². The minimum absolute atomic E-state index is 0.0983. The van der Waals surface area contributed by atoms with E-state index in [0.717, 1.165) is 35.4 Å². The Kier molecular flexibility index (Phi) is 2.67. The predicted molar refractivity (Wildman–Crippen MR) is 76.6 cm³/mol. The molecule has 1 aliphatic heterocycles. The van der Waals surface area contributed by atoms with Gasteiger partial charge in [0.2, 0.25) is 0 Å². The van der Waals surface area contributed by atoms with E-state index in [4.69, 9.17) is 0 Å². The van der Waals surface area contributed by atoms with Gasteiger partial charge in [0.05, 0.1) is 29.7 Å². The Morgan fingerprint density at radius 3 is 2.76 bits per heavy atom. The van der Waals surface area contributed by atoms with Gasteiger partial charge < -0.3 is 4.90 Å². The van der Waals surface area contributed by atoms with E-state index in [1.165, 1.54) is 6.42 Å². The highest BCUT2D eigenvalue weighted by molar-refractivity contribution is 5.95. The maximum absolute atomic E-state index is 12.8. The first-order valence-electron chi connectivity index (χ1n) is 7.46. The van der Waals surface area contributed by atoms with Gasteiger partial charge in [-0.05, 0) is 12.8 Å². The number of hydrogen-bond acceptors (Lipinski definition) is 3. The zero-order valence-electron chi connectivity index (χ0n) is 12.4. The summed E-state index contributed by atoms with van der Waals surface area (Å²) in [4.78, 5) is 14.7. The SMILES string of the molecule is Cn1cc(C(=O)N2Cc3cnn(C)c3C2)c(C2CCC2)n1. The zero-order chi connectivity index (χ0) is 14.6. The average Bonchev–Trinajstić information content (AvgIpc) is 3.04. The van der Waals surface area contributed by atoms with Gasteiger partial charge in [0.15, 0.2) is 0 Å². The maximum Gasteiger partial charge on any atom is 0.257 e. The lowest BCUT2D eigenvalue weighted by molar-refractivity contribution is 0.0746. The van der Waals surface area contributed by atoms with Gasteiger partial charge in [-0.25, -0.2) is 0 Å². The molecule has 4 rings (SSSR count). The van der Waals surface area contributed by atoms with Gasteiger partial charge in [0.25, 0.3) is 5.91 Å². The minimum atomic E-state index is 0.0983. The molecule has 1 saturated carbocycles. The van der Waals surface area contributed by atoms with Crippen LogP contribution in [0.25, 0.3) is 0 Å². The van der Waals surface area contributed by atoms with Crippen LogP contribution in [0, 0.1) is 0 Å². The highest BCUT2D eigenvalue weighted by Crippen LogP contribution is 2.37. The Morgan fingerprint density at radius 2 is 2.10 bits per heavy atom. The van der Waals surface area contributed by atoms with Crippen molar-refractivity contribution >= 4 is 5.91 Å². The molecule has 0 atom stereocenters. The van der Waals surface area contributed by atoms with Crippen LogP contribution in [-0.4, -0.2) is 30.4 Å². The average molecular weight is 285 g/mol. The molecule has 0 spiro atoms. The lowest BCUT2D eigenvalue weighted by Gasteiger charge is -2.25. The first-order valence-corrected chi connectivity index (χ1v) is 7.46. The summed E-state index contributed by atoms with van der Waals surface area (Å²) in [6, 6.07) is 0. The Balaban J connectivity index is 1.61. The van der Waals surface area contributed by atoms with E-state index in [0.29, 0.717) is 19.0 Å². The summed E-state index contributed by atoms with van der Waals surface area (Å²) in [7, 11) is 3.82. The largest absolute Gasteiger partial charge is 0.328 e. The van der Waals surface area contributed by atoms with Crippen LogP contribution in [0.1, 0.15) is 52.5 Å². The Morgan fingerprint density at radius 1 is 1.29 bits per heavy atom. The molecule has 1 amide bonds. The third-order valence-corrected chi connectivity index (χ3v) is 4.72. The van der Waals surface area contributed by atoms with Crippen molar-refractivity contribution in [3.8, 4) is 0 Å². The van der Waals surface area contributed by atoms with E-state index >= 15 is 0 Å². The molecule has 0 radical (unpaired) electrons. The topological polar surface area (TPSA) is 56.0 Å². The van der Waals surface area contributed by atoms with Gasteiger partial charge in [-0.15, -0.1) is 0 Å². The third-order valence-electron chi connectivity index (χ3n) is 4.72. The summed E-state index contributed by atoms with van der Waals surface area (Å²) in [5.41, 5.74) is 4.06. The number of carbonyl (C=O) groups excluding carboxylic acids is 1. The summed E-state index contributed by atoms with van der Waals surface area (Å²) in [6.07, 6.45) is 7.29. The summed E-state index contributed by atoms with van der Waals surface area (Å²) in [6.45, 7) is 1.30. The van der Waals surface area contributed by atoms with E-state index in [1.54, 1.807) is 4.68 Å². The van der Waals surface area contributed by atoms with Gasteiger partial charge >= 0.3 is 0 Å². The molecule has 1 fully saturated rings. The van der Waals surface area contributed by atoms with Crippen LogP contribution in [-0.2, 0) is 27.2 Å². The fourth-order valence-electron chi connectivity index (χ4n) is 3.25. The van der Waals surface area contributed by atoms with E-state index in [1.807, 2.05) is 36.1 Å². The predicted octanol–water partition coefficient (Wildman–Crippen LogP) is 1.58. The van der Waals surface area contributed by atoms with Crippen molar-refractivity contribution < 1.29 is 4.79 Å². The van der Waals surface area contributed by atoms with Crippen molar-refractivity contribution in [2.24, 2.45) is 14.1 Å². The summed E-state index contributed by atoms with van der Waals surface area (Å²) >= 11 is 0. The molecule has 2 aromatic heterocycles. The maximum atomic E-state index is 12.8. The molecule has 110 valence electrons. The standard InChI is InChI=1S/C15H19N5O/c1-18-8-12(14(17-18)10-4-3-5-10)15(21)20-7-11-6-16-19(2)13(11)9-20/h6,8,10H,3-5,7,9H2,1-2H3. The second kappa shape index (κ2) is 4.44. The highest BCUT2D eigenvalue weighted by atomic mass is 16.2. The van der Waals surface area contributed by atoms with E-state index in [9.17, 15) is 4.79 Å². The number of fused-ring (bicyclic) bond motifs is 1. The van der Waals surface area contributed by atoms with Gasteiger partial charge in [-0.2, -0.15) is 10.2 Å². The fraction of sp³-hybridized carbons (Fsp3) is 0.533.